The van der Waals surface area contributed by atoms with Crippen molar-refractivity contribution in [1.82, 2.24) is 14.9 Å². The van der Waals surface area contributed by atoms with E-state index in [2.05, 4.69) is 20.2 Å². The fourth-order valence-electron chi connectivity index (χ4n) is 3.49. The Labute approximate surface area is 182 Å². The first kappa shape index (κ1) is 21.4. The monoisotopic (exact) mass is 443 g/mol. The van der Waals surface area contributed by atoms with Gasteiger partial charge in [-0.25, -0.2) is 14.8 Å². The third-order valence-corrected chi connectivity index (χ3v) is 5.15. The molecular formula is C22H20F3N5O2. The van der Waals surface area contributed by atoms with E-state index in [9.17, 15) is 18.0 Å². The number of nitrogens with zero attached hydrogens (tertiary/aromatic N) is 4. The number of nitrogens with one attached hydrogen (secondary N) is 1. The van der Waals surface area contributed by atoms with Crippen LogP contribution in [0.25, 0.3) is 11.3 Å². The zero-order valence-electron chi connectivity index (χ0n) is 16.9. The van der Waals surface area contributed by atoms with Gasteiger partial charge in [0.2, 0.25) is 0 Å². The molecule has 0 unspecified atom stereocenters. The number of carboxylic acid groups (broad SMARTS) is 1. The van der Waals surface area contributed by atoms with Gasteiger partial charge in [-0.2, -0.15) is 13.2 Å². The standard InChI is InChI=1S/C22H20F3N5O2/c23-22(24,25)16-7-8-26-20(14-16)28-19-6-2-5-18(27-19)15-3-1-4-17(13-15)29-9-11-30(12-10-29)21(31)32/h1-8,13-14H,9-12H2,(H,31,32)(H,26,27,28). The van der Waals surface area contributed by atoms with Crippen LogP contribution >= 0.6 is 0 Å². The fraction of sp³-hybridized carbons (Fsp3) is 0.227. The predicted octanol–water partition coefficient (Wildman–Crippen LogP) is 4.71. The van der Waals surface area contributed by atoms with E-state index in [4.69, 9.17) is 5.11 Å². The molecule has 0 bridgehead atoms. The fourth-order valence-corrected chi connectivity index (χ4v) is 3.49. The second kappa shape index (κ2) is 8.74. The average molecular weight is 443 g/mol. The molecule has 2 aromatic heterocycles. The van der Waals surface area contributed by atoms with E-state index in [0.29, 0.717) is 37.7 Å². The van der Waals surface area contributed by atoms with Gasteiger partial charge in [0.05, 0.1) is 11.3 Å². The number of amides is 1. The highest BCUT2D eigenvalue weighted by Gasteiger charge is 2.30. The summed E-state index contributed by atoms with van der Waals surface area (Å²) in [5, 5.41) is 11.9. The number of alkyl halides is 3. The number of hydrogen-bond donors (Lipinski definition) is 2. The number of rotatable bonds is 4. The van der Waals surface area contributed by atoms with E-state index in [-0.39, 0.29) is 5.82 Å². The van der Waals surface area contributed by atoms with Crippen molar-refractivity contribution in [2.75, 3.05) is 36.4 Å². The molecule has 1 fully saturated rings. The minimum absolute atomic E-state index is 0.0505. The molecule has 0 radical (unpaired) electrons. The Morgan fingerprint density at radius 1 is 0.969 bits per heavy atom. The van der Waals surface area contributed by atoms with Crippen molar-refractivity contribution < 1.29 is 23.1 Å². The first-order chi connectivity index (χ1) is 15.3. The van der Waals surface area contributed by atoms with E-state index in [1.54, 1.807) is 12.1 Å². The van der Waals surface area contributed by atoms with Crippen molar-refractivity contribution in [2.45, 2.75) is 6.18 Å². The first-order valence-electron chi connectivity index (χ1n) is 9.90. The normalized spacial score (nSPS) is 14.3. The summed E-state index contributed by atoms with van der Waals surface area (Å²) in [6.45, 7) is 2.04. The van der Waals surface area contributed by atoms with Crippen LogP contribution < -0.4 is 10.2 Å². The maximum absolute atomic E-state index is 12.9. The Kier molecular flexibility index (Phi) is 5.85. The molecule has 3 heterocycles. The smallest absolute Gasteiger partial charge is 0.416 e. The van der Waals surface area contributed by atoms with E-state index in [1.807, 2.05) is 30.3 Å². The second-order valence-electron chi connectivity index (χ2n) is 7.27. The minimum Gasteiger partial charge on any atom is -0.465 e. The summed E-state index contributed by atoms with van der Waals surface area (Å²) >= 11 is 0. The summed E-state index contributed by atoms with van der Waals surface area (Å²) in [6.07, 6.45) is -4.27. The summed E-state index contributed by atoms with van der Waals surface area (Å²) in [7, 11) is 0. The number of benzene rings is 1. The van der Waals surface area contributed by atoms with Crippen LogP contribution in [0.5, 0.6) is 0 Å². The van der Waals surface area contributed by atoms with Crippen molar-refractivity contribution in [3.63, 3.8) is 0 Å². The van der Waals surface area contributed by atoms with Crippen molar-refractivity contribution in [3.05, 3.63) is 66.4 Å². The van der Waals surface area contributed by atoms with Crippen LogP contribution in [0.4, 0.5) is 35.3 Å². The van der Waals surface area contributed by atoms with Gasteiger partial charge in [-0.15, -0.1) is 0 Å². The molecule has 0 spiro atoms. The van der Waals surface area contributed by atoms with Crippen LogP contribution in [-0.2, 0) is 6.18 Å². The van der Waals surface area contributed by atoms with E-state index in [0.717, 1.165) is 29.6 Å². The van der Waals surface area contributed by atoms with Gasteiger partial charge in [-0.05, 0) is 36.4 Å². The molecule has 3 aromatic rings. The molecule has 0 aliphatic carbocycles. The highest BCUT2D eigenvalue weighted by molar-refractivity contribution is 5.69. The molecule has 1 amide bonds. The van der Waals surface area contributed by atoms with Crippen LogP contribution in [0.15, 0.2) is 60.8 Å². The van der Waals surface area contributed by atoms with Crippen molar-refractivity contribution in [3.8, 4) is 11.3 Å². The predicted molar refractivity (Wildman–Crippen MR) is 114 cm³/mol. The van der Waals surface area contributed by atoms with Gasteiger partial charge >= 0.3 is 12.3 Å². The number of anilines is 3. The molecule has 1 aliphatic heterocycles. The summed E-state index contributed by atoms with van der Waals surface area (Å²) in [5.74, 6) is 0.421. The van der Waals surface area contributed by atoms with Crippen LogP contribution in [-0.4, -0.2) is 52.2 Å². The number of carbonyl (C=O) groups is 1. The lowest BCUT2D eigenvalue weighted by Crippen LogP contribution is -2.48. The summed E-state index contributed by atoms with van der Waals surface area (Å²) in [4.78, 5) is 23.1. The Morgan fingerprint density at radius 2 is 1.72 bits per heavy atom. The molecule has 2 N–H and O–H groups in total. The number of hydrogen-bond acceptors (Lipinski definition) is 5. The molecule has 166 valence electrons. The van der Waals surface area contributed by atoms with Gasteiger partial charge in [-0.1, -0.05) is 18.2 Å². The van der Waals surface area contributed by atoms with Crippen molar-refractivity contribution in [1.29, 1.82) is 0 Å². The molecule has 0 atom stereocenters. The number of pyridine rings is 2. The van der Waals surface area contributed by atoms with E-state index < -0.39 is 17.8 Å². The maximum Gasteiger partial charge on any atom is 0.416 e. The average Bonchev–Trinajstić information content (AvgIpc) is 2.79. The molecule has 1 saturated heterocycles. The summed E-state index contributed by atoms with van der Waals surface area (Å²) < 4.78 is 38.8. The molecule has 32 heavy (non-hydrogen) atoms. The molecular weight excluding hydrogens is 423 g/mol. The first-order valence-corrected chi connectivity index (χ1v) is 9.90. The van der Waals surface area contributed by atoms with Crippen LogP contribution in [0, 0.1) is 0 Å². The highest BCUT2D eigenvalue weighted by atomic mass is 19.4. The largest absolute Gasteiger partial charge is 0.465 e. The number of halogens is 3. The molecule has 1 aliphatic rings. The quantitative estimate of drug-likeness (QED) is 0.608. The summed E-state index contributed by atoms with van der Waals surface area (Å²) in [5.41, 5.74) is 1.64. The molecule has 0 saturated carbocycles. The zero-order chi connectivity index (χ0) is 22.7. The van der Waals surface area contributed by atoms with Gasteiger partial charge < -0.3 is 20.2 Å². The minimum atomic E-state index is -4.45. The lowest BCUT2D eigenvalue weighted by atomic mass is 10.1. The van der Waals surface area contributed by atoms with E-state index >= 15 is 0 Å². The zero-order valence-corrected chi connectivity index (χ0v) is 16.9. The van der Waals surface area contributed by atoms with Crippen LogP contribution in [0.2, 0.25) is 0 Å². The highest BCUT2D eigenvalue weighted by Crippen LogP contribution is 2.31. The third-order valence-electron chi connectivity index (χ3n) is 5.15. The van der Waals surface area contributed by atoms with Gasteiger partial charge in [0.15, 0.2) is 0 Å². The Balaban J connectivity index is 1.52. The topological polar surface area (TPSA) is 81.6 Å². The second-order valence-corrected chi connectivity index (χ2v) is 7.27. The van der Waals surface area contributed by atoms with Gasteiger partial charge in [-0.3, -0.25) is 0 Å². The molecule has 1 aromatic carbocycles. The SMILES string of the molecule is O=C(O)N1CCN(c2cccc(-c3cccc(Nc4cc(C(F)(F)F)ccn4)n3)c2)CC1. The van der Waals surface area contributed by atoms with Crippen molar-refractivity contribution in [2.24, 2.45) is 0 Å². The maximum atomic E-state index is 12.9. The molecule has 10 heteroatoms. The lowest BCUT2D eigenvalue weighted by molar-refractivity contribution is -0.137. The van der Waals surface area contributed by atoms with Gasteiger partial charge in [0.1, 0.15) is 11.6 Å². The third kappa shape index (κ3) is 4.90. The Morgan fingerprint density at radius 3 is 2.44 bits per heavy atom. The summed E-state index contributed by atoms with van der Waals surface area (Å²) in [6, 6.07) is 14.8. The van der Waals surface area contributed by atoms with Crippen molar-refractivity contribution >= 4 is 23.4 Å². The molecule has 4 rings (SSSR count). The lowest BCUT2D eigenvalue weighted by Gasteiger charge is -2.34. The number of aromatic nitrogens is 2. The molecule has 7 nitrogen and oxygen atoms in total. The van der Waals surface area contributed by atoms with Crippen LogP contribution in [0.1, 0.15) is 5.56 Å². The Bertz CT molecular complexity index is 1110. The van der Waals surface area contributed by atoms with Gasteiger partial charge in [0, 0.05) is 43.6 Å². The van der Waals surface area contributed by atoms with Gasteiger partial charge in [0.25, 0.3) is 0 Å². The Hall–Kier alpha value is -3.82. The van der Waals surface area contributed by atoms with E-state index in [1.165, 1.54) is 4.90 Å². The van der Waals surface area contributed by atoms with Crippen LogP contribution in [0.3, 0.4) is 0 Å². The number of piperazine rings is 1.